The number of halogens is 2. The van der Waals surface area contributed by atoms with Crippen molar-refractivity contribution < 1.29 is 30.4 Å². The molecular formula is C25H27F2N7O5S2. The maximum absolute atomic E-state index is 15.6. The molecule has 2 aliphatic rings. The number of sulfonamides is 2. The standard InChI is InChI=1S/C25H27F2N7O5S2/c1-24(18-10-16(4-6-19(18)27)11-21(35)20-7-5-17(26)12-29-20)25(41(38,39)33(3)23(28)31-24)8-9-34(14-25)40(36,37)22-13-32(2)15-30-22/h4-7,10,12-13,15H,8-9,11,14H2,1-3H3,(H2,28,31)/t24-,25+/m1/s1. The SMILES string of the molecule is CN1C(N)=N[C@](C)(c2cc(CC(=O)c3ccc(F)cn3)ccc2F)[C@@]2(CCN(S(=O)(=O)c3cn(C)cn3)C2)S1(=O)=O. The van der Waals surface area contributed by atoms with Crippen LogP contribution in [0, 0.1) is 11.6 Å². The quantitative estimate of drug-likeness (QED) is 0.409. The summed E-state index contributed by atoms with van der Waals surface area (Å²) in [6.45, 7) is 0.647. The van der Waals surface area contributed by atoms with Crippen LogP contribution < -0.4 is 5.73 Å². The van der Waals surface area contributed by atoms with E-state index in [9.17, 15) is 26.0 Å². The number of imidazole rings is 1. The van der Waals surface area contributed by atoms with Crippen LogP contribution in [-0.4, -0.2) is 76.6 Å². The number of aromatic nitrogens is 3. The van der Waals surface area contributed by atoms with E-state index in [1.54, 1.807) is 7.05 Å². The number of pyridine rings is 1. The van der Waals surface area contributed by atoms with Gasteiger partial charge in [-0.1, -0.05) is 6.07 Å². The molecule has 16 heteroatoms. The Bertz CT molecular complexity index is 1790. The molecule has 1 aromatic carbocycles. The third kappa shape index (κ3) is 4.40. The summed E-state index contributed by atoms with van der Waals surface area (Å²) < 4.78 is 85.1. The van der Waals surface area contributed by atoms with Crippen LogP contribution in [0.1, 0.15) is 35.0 Å². The van der Waals surface area contributed by atoms with E-state index in [-0.39, 0.29) is 35.7 Å². The Morgan fingerprint density at radius 2 is 1.88 bits per heavy atom. The van der Waals surface area contributed by atoms with Gasteiger partial charge in [0.2, 0.25) is 16.0 Å². The smallest absolute Gasteiger partial charge is 0.262 e. The van der Waals surface area contributed by atoms with Crippen LogP contribution >= 0.6 is 0 Å². The van der Waals surface area contributed by atoms with Crippen LogP contribution in [0.15, 0.2) is 59.1 Å². The Balaban J connectivity index is 1.60. The molecule has 0 bridgehead atoms. The van der Waals surface area contributed by atoms with E-state index in [4.69, 9.17) is 5.73 Å². The maximum Gasteiger partial charge on any atom is 0.262 e. The van der Waals surface area contributed by atoms with Crippen molar-refractivity contribution in [2.45, 2.75) is 35.1 Å². The van der Waals surface area contributed by atoms with Crippen molar-refractivity contribution in [3.63, 3.8) is 0 Å². The number of aryl methyl sites for hydroxylation is 1. The minimum atomic E-state index is -4.41. The molecule has 0 radical (unpaired) electrons. The number of guanidine groups is 1. The monoisotopic (exact) mass is 607 g/mol. The fourth-order valence-electron chi connectivity index (χ4n) is 5.43. The highest BCUT2D eigenvalue weighted by Crippen LogP contribution is 2.52. The van der Waals surface area contributed by atoms with Gasteiger partial charge in [-0.05, 0) is 43.2 Å². The second-order valence-electron chi connectivity index (χ2n) is 10.3. The lowest BCUT2D eigenvalue weighted by molar-refractivity contribution is 0.0988. The molecule has 4 heterocycles. The van der Waals surface area contributed by atoms with Crippen LogP contribution in [0.3, 0.4) is 0 Å². The summed E-state index contributed by atoms with van der Waals surface area (Å²) in [5.74, 6) is -2.31. The van der Waals surface area contributed by atoms with Crippen molar-refractivity contribution >= 4 is 31.8 Å². The normalized spacial score (nSPS) is 24.5. The van der Waals surface area contributed by atoms with Crippen LogP contribution in [0.25, 0.3) is 0 Å². The Morgan fingerprint density at radius 1 is 1.15 bits per heavy atom. The molecule has 218 valence electrons. The van der Waals surface area contributed by atoms with Crippen LogP contribution in [0.5, 0.6) is 0 Å². The molecule has 0 saturated carbocycles. The predicted octanol–water partition coefficient (Wildman–Crippen LogP) is 1.16. The number of nitrogens with two attached hydrogens (primary N) is 1. The highest BCUT2D eigenvalue weighted by atomic mass is 32.2. The first-order valence-corrected chi connectivity index (χ1v) is 15.3. The number of hydrogen-bond donors (Lipinski definition) is 1. The molecule has 2 N–H and O–H groups in total. The average molecular weight is 608 g/mol. The van der Waals surface area contributed by atoms with E-state index in [0.29, 0.717) is 5.56 Å². The third-order valence-corrected chi connectivity index (χ3v) is 12.2. The summed E-state index contributed by atoms with van der Waals surface area (Å²) >= 11 is 0. The lowest BCUT2D eigenvalue weighted by Crippen LogP contribution is -2.66. The average Bonchev–Trinajstić information content (AvgIpc) is 3.58. The van der Waals surface area contributed by atoms with Crippen molar-refractivity contribution in [1.82, 2.24) is 23.1 Å². The number of carbonyl (C=O) groups excluding carboxylic acids is 1. The van der Waals surface area contributed by atoms with Crippen molar-refractivity contribution in [1.29, 1.82) is 0 Å². The maximum atomic E-state index is 15.6. The molecule has 5 rings (SSSR count). The van der Waals surface area contributed by atoms with Gasteiger partial charge in [-0.15, -0.1) is 0 Å². The van der Waals surface area contributed by atoms with Gasteiger partial charge in [-0.3, -0.25) is 9.78 Å². The highest BCUT2D eigenvalue weighted by molar-refractivity contribution is 7.91. The molecule has 0 unspecified atom stereocenters. The van der Waals surface area contributed by atoms with Gasteiger partial charge >= 0.3 is 0 Å². The van der Waals surface area contributed by atoms with E-state index in [1.807, 2.05) is 0 Å². The number of benzene rings is 1. The largest absolute Gasteiger partial charge is 0.369 e. The second kappa shape index (κ2) is 9.66. The first kappa shape index (κ1) is 28.8. The second-order valence-corrected chi connectivity index (χ2v) is 14.4. The number of rotatable bonds is 6. The van der Waals surface area contributed by atoms with Crippen molar-refractivity contribution in [3.8, 4) is 0 Å². The zero-order chi connectivity index (χ0) is 30.0. The van der Waals surface area contributed by atoms with Gasteiger partial charge < -0.3 is 10.3 Å². The molecule has 12 nitrogen and oxygen atoms in total. The topological polar surface area (TPSA) is 161 Å². The van der Waals surface area contributed by atoms with Gasteiger partial charge in [0.1, 0.15) is 27.6 Å². The van der Waals surface area contributed by atoms with E-state index < -0.39 is 60.3 Å². The summed E-state index contributed by atoms with van der Waals surface area (Å²) in [7, 11) is -5.82. The molecule has 1 saturated heterocycles. The van der Waals surface area contributed by atoms with Crippen molar-refractivity contribution in [2.75, 3.05) is 20.1 Å². The molecule has 0 amide bonds. The molecule has 1 fully saturated rings. The minimum Gasteiger partial charge on any atom is -0.369 e. The summed E-state index contributed by atoms with van der Waals surface area (Å²) in [5, 5.41) is -0.260. The Hall–Kier alpha value is -3.76. The number of hydrogen-bond acceptors (Lipinski definition) is 9. The fourth-order valence-corrected chi connectivity index (χ4v) is 9.12. The van der Waals surface area contributed by atoms with E-state index in [1.165, 1.54) is 49.3 Å². The molecule has 1 spiro atoms. The zero-order valence-electron chi connectivity index (χ0n) is 22.3. The number of ketones is 1. The molecule has 2 aliphatic heterocycles. The number of Topliss-reactive ketones (excluding diaryl/α,β-unsaturated/α-hetero) is 1. The van der Waals surface area contributed by atoms with E-state index >= 15 is 4.39 Å². The Kier molecular flexibility index (Phi) is 6.78. The van der Waals surface area contributed by atoms with Crippen molar-refractivity contribution in [2.24, 2.45) is 17.8 Å². The number of nitrogens with zero attached hydrogens (tertiary/aromatic N) is 6. The van der Waals surface area contributed by atoms with Gasteiger partial charge in [0.05, 0.1) is 12.5 Å². The van der Waals surface area contributed by atoms with Gasteiger partial charge in [0, 0.05) is 45.4 Å². The summed E-state index contributed by atoms with van der Waals surface area (Å²) in [6.07, 6.45) is 3.04. The van der Waals surface area contributed by atoms with E-state index in [0.717, 1.165) is 26.9 Å². The first-order chi connectivity index (χ1) is 19.1. The van der Waals surface area contributed by atoms with Gasteiger partial charge in [-0.25, -0.2) is 39.9 Å². The molecular weight excluding hydrogens is 580 g/mol. The van der Waals surface area contributed by atoms with Gasteiger partial charge in [-0.2, -0.15) is 4.31 Å². The molecule has 0 aliphatic carbocycles. The van der Waals surface area contributed by atoms with Gasteiger partial charge in [0.15, 0.2) is 10.8 Å². The number of carbonyl (C=O) groups is 1. The van der Waals surface area contributed by atoms with Crippen LogP contribution in [-0.2, 0) is 39.1 Å². The zero-order valence-corrected chi connectivity index (χ0v) is 24.0. The van der Waals surface area contributed by atoms with Crippen LogP contribution in [0.4, 0.5) is 8.78 Å². The van der Waals surface area contributed by atoms with Gasteiger partial charge in [0.25, 0.3) is 10.0 Å². The summed E-state index contributed by atoms with van der Waals surface area (Å²) in [5.41, 5.74) is 4.27. The predicted molar refractivity (Wildman–Crippen MR) is 144 cm³/mol. The fraction of sp³-hybridized carbons (Fsp3) is 0.360. The Morgan fingerprint density at radius 3 is 2.51 bits per heavy atom. The number of aliphatic imine (C=N–C) groups is 1. The first-order valence-electron chi connectivity index (χ1n) is 12.4. The summed E-state index contributed by atoms with van der Waals surface area (Å²) in [4.78, 5) is 25.0. The molecule has 2 atom stereocenters. The summed E-state index contributed by atoms with van der Waals surface area (Å²) in [6, 6.07) is 6.09. The van der Waals surface area contributed by atoms with E-state index in [2.05, 4.69) is 15.0 Å². The molecule has 41 heavy (non-hydrogen) atoms. The molecule has 3 aromatic rings. The Labute approximate surface area is 235 Å². The minimum absolute atomic E-state index is 0.00439. The molecule has 2 aromatic heterocycles. The van der Waals surface area contributed by atoms with Crippen molar-refractivity contribution in [3.05, 3.63) is 77.5 Å². The lowest BCUT2D eigenvalue weighted by Gasteiger charge is -2.48. The van der Waals surface area contributed by atoms with Crippen LogP contribution in [0.2, 0.25) is 0 Å². The third-order valence-electron chi connectivity index (χ3n) is 7.82. The lowest BCUT2D eigenvalue weighted by atomic mass is 9.77. The highest BCUT2D eigenvalue weighted by Gasteiger charge is 2.67.